The van der Waals surface area contributed by atoms with Crippen LogP contribution in [-0.4, -0.2) is 0 Å². The Balaban J connectivity index is 1.50. The van der Waals surface area contributed by atoms with Crippen molar-refractivity contribution in [1.29, 1.82) is 0 Å². The molecule has 3 nitrogen and oxygen atoms in total. The van der Waals surface area contributed by atoms with Crippen LogP contribution in [0.3, 0.4) is 0 Å². The van der Waals surface area contributed by atoms with Crippen LogP contribution in [0.15, 0.2) is 72.8 Å². The second kappa shape index (κ2) is 8.26. The molecule has 3 aromatic rings. The molecule has 0 fully saturated rings. The molecule has 2 N–H and O–H groups in total. The van der Waals surface area contributed by atoms with Gasteiger partial charge in [0.1, 0.15) is 6.61 Å². The lowest BCUT2D eigenvalue weighted by Crippen LogP contribution is -2.20. The third-order valence-electron chi connectivity index (χ3n) is 3.62. The number of anilines is 1. The molecule has 0 saturated carbocycles. The van der Waals surface area contributed by atoms with Crippen molar-refractivity contribution in [2.45, 2.75) is 13.2 Å². The minimum Gasteiger partial charge on any atom is -0.483 e. The maximum absolute atomic E-state index is 13.5. The van der Waals surface area contributed by atoms with Gasteiger partial charge in [-0.05, 0) is 35.4 Å². The molecule has 128 valence electrons. The summed E-state index contributed by atoms with van der Waals surface area (Å²) in [6.45, 7) is 0.742. The fourth-order valence-electron chi connectivity index (χ4n) is 2.30. The van der Waals surface area contributed by atoms with Crippen molar-refractivity contribution in [2.75, 3.05) is 5.43 Å². The molecule has 0 radical (unpaired) electrons. The van der Waals surface area contributed by atoms with E-state index < -0.39 is 11.6 Å². The summed E-state index contributed by atoms with van der Waals surface area (Å²) in [6.07, 6.45) is 0. The maximum Gasteiger partial charge on any atom is 0.191 e. The average Bonchev–Trinajstić information content (AvgIpc) is 2.63. The Labute approximate surface area is 145 Å². The predicted molar refractivity (Wildman–Crippen MR) is 94.0 cm³/mol. The summed E-state index contributed by atoms with van der Waals surface area (Å²) in [7, 11) is 0. The van der Waals surface area contributed by atoms with E-state index in [1.165, 1.54) is 18.2 Å². The van der Waals surface area contributed by atoms with E-state index in [0.717, 1.165) is 16.8 Å². The molecule has 0 aliphatic carbocycles. The molecule has 5 heteroatoms. The van der Waals surface area contributed by atoms with Crippen molar-refractivity contribution in [3.63, 3.8) is 0 Å². The maximum atomic E-state index is 13.5. The number of nitrogens with one attached hydrogen (secondary N) is 2. The fraction of sp³-hybridized carbons (Fsp3) is 0.100. The first kappa shape index (κ1) is 16.9. The highest BCUT2D eigenvalue weighted by molar-refractivity contribution is 5.41. The molecule has 0 aliphatic heterocycles. The molecular formula is C20H18F2N2O. The number of ether oxygens (including phenoxy) is 1. The Hall–Kier alpha value is -2.92. The second-order valence-electron chi connectivity index (χ2n) is 5.50. The molecule has 3 aromatic carbocycles. The van der Waals surface area contributed by atoms with Gasteiger partial charge < -0.3 is 10.2 Å². The second-order valence-corrected chi connectivity index (χ2v) is 5.50. The molecule has 0 bridgehead atoms. The van der Waals surface area contributed by atoms with E-state index in [-0.39, 0.29) is 12.4 Å². The molecule has 0 aromatic heterocycles. The van der Waals surface area contributed by atoms with Gasteiger partial charge in [0.25, 0.3) is 0 Å². The Bertz CT molecular complexity index is 787. The summed E-state index contributed by atoms with van der Waals surface area (Å²) in [5.41, 5.74) is 9.13. The summed E-state index contributed by atoms with van der Waals surface area (Å²) >= 11 is 0. The van der Waals surface area contributed by atoms with Gasteiger partial charge in [-0.2, -0.15) is 0 Å². The first-order valence-corrected chi connectivity index (χ1v) is 7.91. The molecule has 25 heavy (non-hydrogen) atoms. The van der Waals surface area contributed by atoms with Crippen LogP contribution in [0.5, 0.6) is 5.75 Å². The molecule has 0 amide bonds. The summed E-state index contributed by atoms with van der Waals surface area (Å²) in [6, 6.07) is 21.1. The van der Waals surface area contributed by atoms with Gasteiger partial charge in [-0.25, -0.2) is 14.2 Å². The van der Waals surface area contributed by atoms with Gasteiger partial charge in [0, 0.05) is 12.2 Å². The van der Waals surface area contributed by atoms with E-state index in [9.17, 15) is 8.78 Å². The number of hydrogen-bond donors (Lipinski definition) is 2. The van der Waals surface area contributed by atoms with Crippen LogP contribution in [0.25, 0.3) is 0 Å². The van der Waals surface area contributed by atoms with Gasteiger partial charge in [-0.15, -0.1) is 0 Å². The Kier molecular flexibility index (Phi) is 5.59. The Morgan fingerprint density at radius 3 is 2.04 bits per heavy atom. The van der Waals surface area contributed by atoms with Crippen LogP contribution >= 0.6 is 0 Å². The van der Waals surface area contributed by atoms with Crippen molar-refractivity contribution < 1.29 is 13.5 Å². The van der Waals surface area contributed by atoms with E-state index >= 15 is 0 Å². The SMILES string of the molecule is Fc1cccc(F)c1OCc1ccc(CNNc2ccccc2)cc1. The van der Waals surface area contributed by atoms with Crippen molar-refractivity contribution in [3.05, 3.63) is 95.6 Å². The van der Waals surface area contributed by atoms with Crippen molar-refractivity contribution in [3.8, 4) is 5.75 Å². The zero-order valence-electron chi connectivity index (χ0n) is 13.5. The number of para-hydroxylation sites is 2. The summed E-state index contributed by atoms with van der Waals surface area (Å²) in [4.78, 5) is 0. The zero-order valence-corrected chi connectivity index (χ0v) is 13.5. The number of hydrazine groups is 1. The minimum atomic E-state index is -0.701. The van der Waals surface area contributed by atoms with E-state index in [1.807, 2.05) is 54.6 Å². The van der Waals surface area contributed by atoms with Crippen LogP contribution in [0.4, 0.5) is 14.5 Å². The summed E-state index contributed by atoms with van der Waals surface area (Å²) < 4.78 is 32.3. The molecule has 0 spiro atoms. The predicted octanol–water partition coefficient (Wildman–Crippen LogP) is 4.66. The molecule has 0 heterocycles. The lowest BCUT2D eigenvalue weighted by molar-refractivity contribution is 0.274. The lowest BCUT2D eigenvalue weighted by Gasteiger charge is -2.10. The van der Waals surface area contributed by atoms with Gasteiger partial charge in [0.15, 0.2) is 17.4 Å². The van der Waals surface area contributed by atoms with Gasteiger partial charge in [-0.1, -0.05) is 48.5 Å². The van der Waals surface area contributed by atoms with E-state index in [2.05, 4.69) is 10.9 Å². The number of halogens is 2. The zero-order chi connectivity index (χ0) is 17.5. The highest BCUT2D eigenvalue weighted by atomic mass is 19.1. The monoisotopic (exact) mass is 340 g/mol. The minimum absolute atomic E-state index is 0.105. The summed E-state index contributed by atoms with van der Waals surface area (Å²) in [5.74, 6) is -1.75. The van der Waals surface area contributed by atoms with E-state index in [0.29, 0.717) is 6.54 Å². The molecular weight excluding hydrogens is 322 g/mol. The average molecular weight is 340 g/mol. The largest absolute Gasteiger partial charge is 0.483 e. The Morgan fingerprint density at radius 2 is 1.36 bits per heavy atom. The molecule has 0 aliphatic rings. The topological polar surface area (TPSA) is 33.3 Å². The van der Waals surface area contributed by atoms with Gasteiger partial charge in [0.2, 0.25) is 0 Å². The van der Waals surface area contributed by atoms with Gasteiger partial charge >= 0.3 is 0 Å². The Morgan fingerprint density at radius 1 is 0.720 bits per heavy atom. The fourth-order valence-corrected chi connectivity index (χ4v) is 2.30. The van der Waals surface area contributed by atoms with Crippen LogP contribution in [-0.2, 0) is 13.2 Å². The smallest absolute Gasteiger partial charge is 0.191 e. The summed E-state index contributed by atoms with van der Waals surface area (Å²) in [5, 5.41) is 0. The molecule has 3 rings (SSSR count). The first-order chi connectivity index (χ1) is 12.2. The van der Waals surface area contributed by atoms with Crippen molar-refractivity contribution in [1.82, 2.24) is 5.43 Å². The molecule has 0 unspecified atom stereocenters. The normalized spacial score (nSPS) is 10.5. The van der Waals surface area contributed by atoms with Gasteiger partial charge in [0.05, 0.1) is 0 Å². The van der Waals surface area contributed by atoms with Gasteiger partial charge in [-0.3, -0.25) is 0 Å². The first-order valence-electron chi connectivity index (χ1n) is 7.91. The van der Waals surface area contributed by atoms with Crippen molar-refractivity contribution >= 4 is 5.69 Å². The number of benzene rings is 3. The third-order valence-corrected chi connectivity index (χ3v) is 3.62. The quantitative estimate of drug-likeness (QED) is 0.614. The third kappa shape index (κ3) is 4.78. The van der Waals surface area contributed by atoms with E-state index in [1.54, 1.807) is 0 Å². The van der Waals surface area contributed by atoms with Crippen LogP contribution < -0.4 is 15.6 Å². The van der Waals surface area contributed by atoms with E-state index in [4.69, 9.17) is 4.74 Å². The van der Waals surface area contributed by atoms with Crippen LogP contribution in [0.1, 0.15) is 11.1 Å². The lowest BCUT2D eigenvalue weighted by atomic mass is 10.1. The molecule has 0 atom stereocenters. The number of hydrogen-bond acceptors (Lipinski definition) is 3. The highest BCUT2D eigenvalue weighted by Crippen LogP contribution is 2.22. The standard InChI is InChI=1S/C20H18F2N2O/c21-18-7-4-8-19(22)20(18)25-14-16-11-9-15(10-12-16)13-23-24-17-5-2-1-3-6-17/h1-12,23-24H,13-14H2. The highest BCUT2D eigenvalue weighted by Gasteiger charge is 2.09. The van der Waals surface area contributed by atoms with Crippen molar-refractivity contribution in [2.24, 2.45) is 0 Å². The molecule has 0 saturated heterocycles. The number of rotatable bonds is 7. The van der Waals surface area contributed by atoms with Crippen LogP contribution in [0, 0.1) is 11.6 Å². The van der Waals surface area contributed by atoms with Crippen LogP contribution in [0.2, 0.25) is 0 Å².